The molecule has 0 aliphatic rings. The highest BCUT2D eigenvalue weighted by Crippen LogP contribution is 2.14. The molecule has 13 heavy (non-hydrogen) atoms. The first-order valence-corrected chi connectivity index (χ1v) is 4.35. The van der Waals surface area contributed by atoms with Gasteiger partial charge in [-0.05, 0) is 36.2 Å². The van der Waals surface area contributed by atoms with Crippen LogP contribution in [-0.4, -0.2) is 4.98 Å². The van der Waals surface area contributed by atoms with Gasteiger partial charge in [-0.2, -0.15) is 4.39 Å². The van der Waals surface area contributed by atoms with E-state index >= 15 is 0 Å². The van der Waals surface area contributed by atoms with Crippen LogP contribution < -0.4 is 0 Å². The lowest BCUT2D eigenvalue weighted by molar-refractivity contribution is 0.589. The Balaban J connectivity index is 2.66. The lowest BCUT2D eigenvalue weighted by atomic mass is 10.1. The molecule has 0 atom stereocenters. The third-order valence-electron chi connectivity index (χ3n) is 2.13. The van der Waals surface area contributed by atoms with Crippen molar-refractivity contribution in [3.63, 3.8) is 0 Å². The van der Waals surface area contributed by atoms with E-state index in [2.05, 4.69) is 11.9 Å². The predicted molar refractivity (Wildman–Crippen MR) is 51.1 cm³/mol. The van der Waals surface area contributed by atoms with Crippen LogP contribution in [0.4, 0.5) is 4.39 Å². The predicted octanol–water partition coefficient (Wildman–Crippen LogP) is 2.94. The number of halogens is 1. The zero-order valence-corrected chi connectivity index (χ0v) is 7.42. The van der Waals surface area contributed by atoms with E-state index in [0.29, 0.717) is 0 Å². The third kappa shape index (κ3) is 1.52. The first-order valence-electron chi connectivity index (χ1n) is 4.35. The Kier molecular flexibility index (Phi) is 1.97. The molecule has 66 valence electrons. The molecule has 1 aromatic carbocycles. The number of hydrogen-bond donors (Lipinski definition) is 0. The van der Waals surface area contributed by atoms with Gasteiger partial charge in [0.1, 0.15) is 0 Å². The second-order valence-corrected chi connectivity index (χ2v) is 3.01. The average molecular weight is 175 g/mol. The maximum absolute atomic E-state index is 12.7. The first kappa shape index (κ1) is 8.17. The van der Waals surface area contributed by atoms with Crippen molar-refractivity contribution in [2.24, 2.45) is 0 Å². The maximum Gasteiger partial charge on any atom is 0.213 e. The van der Waals surface area contributed by atoms with Crippen molar-refractivity contribution in [3.05, 3.63) is 41.8 Å². The van der Waals surface area contributed by atoms with Crippen molar-refractivity contribution in [2.45, 2.75) is 13.3 Å². The Hall–Kier alpha value is -1.44. The van der Waals surface area contributed by atoms with Crippen LogP contribution in [0.1, 0.15) is 12.5 Å². The van der Waals surface area contributed by atoms with E-state index < -0.39 is 5.95 Å². The summed E-state index contributed by atoms with van der Waals surface area (Å²) in [5.41, 5.74) is 1.97. The number of aryl methyl sites for hydroxylation is 1. The standard InChI is InChI=1S/C11H10FN/c1-2-8-3-5-10-9(7-8)4-6-11(12)13-10/h3-7H,2H2,1H3. The summed E-state index contributed by atoms with van der Waals surface area (Å²) in [6.07, 6.45) is 0.993. The largest absolute Gasteiger partial charge is 0.220 e. The highest BCUT2D eigenvalue weighted by atomic mass is 19.1. The van der Waals surface area contributed by atoms with Crippen molar-refractivity contribution in [2.75, 3.05) is 0 Å². The molecular weight excluding hydrogens is 165 g/mol. The Morgan fingerprint density at radius 2 is 2.08 bits per heavy atom. The first-order chi connectivity index (χ1) is 6.29. The van der Waals surface area contributed by atoms with Crippen molar-refractivity contribution >= 4 is 10.9 Å². The fourth-order valence-corrected chi connectivity index (χ4v) is 1.37. The molecule has 0 amide bonds. The maximum atomic E-state index is 12.7. The fraction of sp³-hybridized carbons (Fsp3) is 0.182. The number of nitrogens with zero attached hydrogens (tertiary/aromatic N) is 1. The van der Waals surface area contributed by atoms with Gasteiger partial charge >= 0.3 is 0 Å². The third-order valence-corrected chi connectivity index (χ3v) is 2.13. The number of rotatable bonds is 1. The smallest absolute Gasteiger partial charge is 0.213 e. The van der Waals surface area contributed by atoms with Gasteiger partial charge in [0.15, 0.2) is 0 Å². The highest BCUT2D eigenvalue weighted by molar-refractivity contribution is 5.78. The van der Waals surface area contributed by atoms with Crippen LogP contribution in [0, 0.1) is 5.95 Å². The molecule has 2 rings (SSSR count). The summed E-state index contributed by atoms with van der Waals surface area (Å²) in [7, 11) is 0. The molecule has 0 spiro atoms. The molecule has 0 aliphatic carbocycles. The topological polar surface area (TPSA) is 12.9 Å². The molecule has 0 bridgehead atoms. The summed E-state index contributed by atoms with van der Waals surface area (Å²) in [4.78, 5) is 3.78. The van der Waals surface area contributed by atoms with Gasteiger partial charge in [-0.1, -0.05) is 13.0 Å². The molecule has 2 heteroatoms. The van der Waals surface area contributed by atoms with Gasteiger partial charge in [-0.15, -0.1) is 0 Å². The summed E-state index contributed by atoms with van der Waals surface area (Å²) in [5, 5.41) is 1.00. The van der Waals surface area contributed by atoms with Crippen molar-refractivity contribution in [3.8, 4) is 0 Å². The van der Waals surface area contributed by atoms with Crippen LogP contribution in [0.2, 0.25) is 0 Å². The number of benzene rings is 1. The molecule has 1 nitrogen and oxygen atoms in total. The van der Waals surface area contributed by atoms with Crippen molar-refractivity contribution in [1.82, 2.24) is 4.98 Å². The van der Waals surface area contributed by atoms with Crippen LogP contribution in [0.3, 0.4) is 0 Å². The van der Waals surface area contributed by atoms with Crippen LogP contribution in [0.25, 0.3) is 10.9 Å². The van der Waals surface area contributed by atoms with Gasteiger partial charge in [-0.3, -0.25) is 0 Å². The van der Waals surface area contributed by atoms with Gasteiger partial charge in [0.05, 0.1) is 5.52 Å². The molecule has 0 aliphatic heterocycles. The Morgan fingerprint density at radius 1 is 1.23 bits per heavy atom. The second kappa shape index (κ2) is 3.13. The van der Waals surface area contributed by atoms with Crippen molar-refractivity contribution in [1.29, 1.82) is 0 Å². The van der Waals surface area contributed by atoms with Crippen LogP contribution >= 0.6 is 0 Å². The highest BCUT2D eigenvalue weighted by Gasteiger charge is 1.97. The van der Waals surface area contributed by atoms with Gasteiger partial charge < -0.3 is 0 Å². The average Bonchev–Trinajstić information content (AvgIpc) is 2.17. The molecule has 0 unspecified atom stereocenters. The van der Waals surface area contributed by atoms with Gasteiger partial charge in [0.2, 0.25) is 5.95 Å². The van der Waals surface area contributed by atoms with E-state index in [9.17, 15) is 4.39 Å². The monoisotopic (exact) mass is 175 g/mol. The van der Waals surface area contributed by atoms with Gasteiger partial charge in [-0.25, -0.2) is 4.98 Å². The molecule has 0 fully saturated rings. The Morgan fingerprint density at radius 3 is 2.85 bits per heavy atom. The number of aromatic nitrogens is 1. The van der Waals surface area contributed by atoms with E-state index in [0.717, 1.165) is 17.3 Å². The van der Waals surface area contributed by atoms with E-state index in [1.54, 1.807) is 6.07 Å². The van der Waals surface area contributed by atoms with Crippen molar-refractivity contribution < 1.29 is 4.39 Å². The molecule has 0 saturated carbocycles. The fourth-order valence-electron chi connectivity index (χ4n) is 1.37. The Labute approximate surface area is 76.2 Å². The minimum absolute atomic E-state index is 0.420. The quantitative estimate of drug-likeness (QED) is 0.607. The SMILES string of the molecule is CCc1ccc2nc(F)ccc2c1. The lowest BCUT2D eigenvalue weighted by Gasteiger charge is -1.99. The van der Waals surface area contributed by atoms with Gasteiger partial charge in [0, 0.05) is 5.39 Å². The summed E-state index contributed by atoms with van der Waals surface area (Å²) >= 11 is 0. The molecular formula is C11H10FN. The zero-order chi connectivity index (χ0) is 9.26. The Bertz CT molecular complexity index is 437. The van der Waals surface area contributed by atoms with Crippen LogP contribution in [0.5, 0.6) is 0 Å². The molecule has 1 heterocycles. The van der Waals surface area contributed by atoms with E-state index in [-0.39, 0.29) is 0 Å². The summed E-state index contributed by atoms with van der Waals surface area (Å²) in [6, 6.07) is 9.03. The summed E-state index contributed by atoms with van der Waals surface area (Å²) < 4.78 is 12.7. The molecule has 2 aromatic rings. The summed E-state index contributed by atoms with van der Waals surface area (Å²) in [5.74, 6) is -0.420. The lowest BCUT2D eigenvalue weighted by Crippen LogP contribution is -1.85. The second-order valence-electron chi connectivity index (χ2n) is 3.01. The zero-order valence-electron chi connectivity index (χ0n) is 7.42. The van der Waals surface area contributed by atoms with Crippen LogP contribution in [-0.2, 0) is 6.42 Å². The number of fused-ring (bicyclic) bond motifs is 1. The van der Waals surface area contributed by atoms with E-state index in [4.69, 9.17) is 0 Å². The number of hydrogen-bond acceptors (Lipinski definition) is 1. The molecule has 0 radical (unpaired) electrons. The minimum atomic E-state index is -0.420. The minimum Gasteiger partial charge on any atom is -0.220 e. The molecule has 0 saturated heterocycles. The van der Waals surface area contributed by atoms with Gasteiger partial charge in [0.25, 0.3) is 0 Å². The molecule has 1 aromatic heterocycles. The van der Waals surface area contributed by atoms with E-state index in [1.807, 2.05) is 18.2 Å². The van der Waals surface area contributed by atoms with Crippen LogP contribution in [0.15, 0.2) is 30.3 Å². The molecule has 0 N–H and O–H groups in total. The number of pyridine rings is 1. The van der Waals surface area contributed by atoms with E-state index in [1.165, 1.54) is 11.6 Å². The normalized spacial score (nSPS) is 10.6. The summed E-state index contributed by atoms with van der Waals surface area (Å²) in [6.45, 7) is 2.10.